The first-order valence-corrected chi connectivity index (χ1v) is 10.3. The van der Waals surface area contributed by atoms with Crippen LogP contribution in [0.2, 0.25) is 0 Å². The second-order valence-electron chi connectivity index (χ2n) is 8.18. The number of halogens is 3. The van der Waals surface area contributed by atoms with Crippen LogP contribution in [0.3, 0.4) is 0 Å². The summed E-state index contributed by atoms with van der Waals surface area (Å²) in [5.74, 6) is -0.552. The van der Waals surface area contributed by atoms with Gasteiger partial charge in [0.15, 0.2) is 0 Å². The third kappa shape index (κ3) is 4.04. The Balaban J connectivity index is 1.90. The Morgan fingerprint density at radius 1 is 1.15 bits per heavy atom. The lowest BCUT2D eigenvalue weighted by Gasteiger charge is -2.32. The first kappa shape index (κ1) is 22.7. The fourth-order valence-corrected chi connectivity index (χ4v) is 3.79. The molecule has 3 aromatic rings. The molecule has 1 aliphatic rings. The van der Waals surface area contributed by atoms with Crippen LogP contribution in [-0.2, 0) is 0 Å². The van der Waals surface area contributed by atoms with Crippen LogP contribution in [0.1, 0.15) is 37.6 Å². The smallest absolute Gasteiger partial charge is 0.438 e. The van der Waals surface area contributed by atoms with Crippen LogP contribution >= 0.6 is 0 Å². The molecule has 0 radical (unpaired) electrons. The van der Waals surface area contributed by atoms with Gasteiger partial charge in [0.2, 0.25) is 0 Å². The number of alkyl halides is 3. The zero-order valence-corrected chi connectivity index (χ0v) is 18.2. The van der Waals surface area contributed by atoms with Gasteiger partial charge in [0.25, 0.3) is 11.6 Å². The number of rotatable bonds is 4. The molecule has 1 atom stereocenters. The van der Waals surface area contributed by atoms with E-state index < -0.39 is 24.2 Å². The van der Waals surface area contributed by atoms with E-state index in [0.29, 0.717) is 27.9 Å². The maximum absolute atomic E-state index is 13.7. The lowest BCUT2D eigenvalue weighted by atomic mass is 10.0. The Hall–Kier alpha value is -3.46. The maximum Gasteiger partial charge on any atom is 0.438 e. The van der Waals surface area contributed by atoms with Crippen LogP contribution in [0, 0.1) is 0 Å². The predicted molar refractivity (Wildman–Crippen MR) is 118 cm³/mol. The van der Waals surface area contributed by atoms with Gasteiger partial charge in [-0.05, 0) is 45.0 Å². The molecular formula is C24H22F3N3O3. The molecule has 6 nitrogen and oxygen atoms in total. The molecule has 1 aromatic heterocycles. The predicted octanol–water partition coefficient (Wildman–Crippen LogP) is 5.16. The summed E-state index contributed by atoms with van der Waals surface area (Å²) in [6.45, 7) is 5.07. The minimum atomic E-state index is -5.09. The highest BCUT2D eigenvalue weighted by Crippen LogP contribution is 2.42. The molecule has 0 spiro atoms. The van der Waals surface area contributed by atoms with Crippen molar-refractivity contribution >= 4 is 22.5 Å². The average Bonchev–Trinajstić information content (AvgIpc) is 3.08. The summed E-state index contributed by atoms with van der Waals surface area (Å²) < 4.78 is 47.1. The second-order valence-corrected chi connectivity index (χ2v) is 8.18. The molecule has 9 heteroatoms. The highest BCUT2D eigenvalue weighted by Gasteiger charge is 2.62. The molecule has 172 valence electrons. The van der Waals surface area contributed by atoms with E-state index in [2.05, 4.69) is 10.1 Å². The van der Waals surface area contributed by atoms with Gasteiger partial charge in [-0.15, -0.1) is 0 Å². The van der Waals surface area contributed by atoms with Gasteiger partial charge in [-0.2, -0.15) is 23.3 Å². The molecule has 0 aliphatic carbocycles. The van der Waals surface area contributed by atoms with Crippen molar-refractivity contribution in [2.45, 2.75) is 45.2 Å². The SMILES string of the molecule is CC1=NN(C(=O)c2cc(-c3ccccc3OC(C)C)nc3ccccc23)[C@@](O)(C(F)(F)F)C1. The number of amides is 1. The lowest BCUT2D eigenvalue weighted by molar-refractivity contribution is -0.297. The van der Waals surface area contributed by atoms with Gasteiger partial charge in [0.1, 0.15) is 5.75 Å². The molecule has 1 amide bonds. The molecule has 33 heavy (non-hydrogen) atoms. The fourth-order valence-electron chi connectivity index (χ4n) is 3.79. The summed E-state index contributed by atoms with van der Waals surface area (Å²) in [6.07, 6.45) is -6.03. The Bertz CT molecular complexity index is 1260. The summed E-state index contributed by atoms with van der Waals surface area (Å²) in [5, 5.41) is 14.6. The van der Waals surface area contributed by atoms with Crippen LogP contribution < -0.4 is 4.74 Å². The number of carbonyl (C=O) groups is 1. The first-order chi connectivity index (χ1) is 15.5. The van der Waals surface area contributed by atoms with E-state index >= 15 is 0 Å². The summed E-state index contributed by atoms with van der Waals surface area (Å²) in [6, 6.07) is 15.1. The van der Waals surface area contributed by atoms with Crippen molar-refractivity contribution in [2.24, 2.45) is 5.10 Å². The van der Waals surface area contributed by atoms with Gasteiger partial charge in [0.05, 0.1) is 22.9 Å². The summed E-state index contributed by atoms with van der Waals surface area (Å²) in [4.78, 5) is 18.0. The standard InChI is InChI=1S/C24H22F3N3O3/c1-14(2)33-21-11-7-5-9-17(21)20-12-18(16-8-4-6-10-19(16)28-20)22(31)30-23(32,24(25,26)27)13-15(3)29-30/h4-12,14,32H,13H2,1-3H3/t23-/m0/s1. The van der Waals surface area contributed by atoms with E-state index in [1.807, 2.05) is 13.8 Å². The quantitative estimate of drug-likeness (QED) is 0.587. The van der Waals surface area contributed by atoms with Crippen molar-refractivity contribution in [2.75, 3.05) is 0 Å². The zero-order valence-electron chi connectivity index (χ0n) is 18.2. The Morgan fingerprint density at radius 3 is 2.52 bits per heavy atom. The highest BCUT2D eigenvalue weighted by molar-refractivity contribution is 6.08. The number of pyridine rings is 1. The van der Waals surface area contributed by atoms with E-state index in [4.69, 9.17) is 4.74 Å². The van der Waals surface area contributed by atoms with Crippen LogP contribution in [-0.4, -0.2) is 44.7 Å². The van der Waals surface area contributed by atoms with Gasteiger partial charge in [-0.3, -0.25) is 4.79 Å². The number of aromatic nitrogens is 1. The number of hydrogen-bond donors (Lipinski definition) is 1. The van der Waals surface area contributed by atoms with Gasteiger partial charge < -0.3 is 9.84 Å². The number of benzene rings is 2. The molecule has 2 aromatic carbocycles. The van der Waals surface area contributed by atoms with Crippen molar-refractivity contribution in [1.29, 1.82) is 0 Å². The fraction of sp³-hybridized carbons (Fsp3) is 0.292. The first-order valence-electron chi connectivity index (χ1n) is 10.3. The molecule has 0 unspecified atom stereocenters. The maximum atomic E-state index is 13.7. The lowest BCUT2D eigenvalue weighted by Crippen LogP contribution is -2.56. The van der Waals surface area contributed by atoms with Gasteiger partial charge >= 0.3 is 6.18 Å². The highest BCUT2D eigenvalue weighted by atomic mass is 19.4. The molecule has 0 saturated heterocycles. The molecule has 2 heterocycles. The molecule has 0 bridgehead atoms. The number of nitrogens with zero attached hydrogens (tertiary/aromatic N) is 3. The molecule has 1 aliphatic heterocycles. The zero-order chi connectivity index (χ0) is 24.0. The van der Waals surface area contributed by atoms with Gasteiger partial charge in [-0.1, -0.05) is 30.3 Å². The van der Waals surface area contributed by atoms with E-state index in [1.165, 1.54) is 13.0 Å². The topological polar surface area (TPSA) is 75.0 Å². The van der Waals surface area contributed by atoms with Crippen LogP contribution in [0.15, 0.2) is 59.7 Å². The third-order valence-corrected chi connectivity index (χ3v) is 5.24. The van der Waals surface area contributed by atoms with Crippen molar-refractivity contribution in [3.63, 3.8) is 0 Å². The van der Waals surface area contributed by atoms with Crippen molar-refractivity contribution in [3.8, 4) is 17.0 Å². The average molecular weight is 457 g/mol. The number of hydrogen-bond acceptors (Lipinski definition) is 5. The molecule has 4 rings (SSSR count). The van der Waals surface area contributed by atoms with E-state index in [9.17, 15) is 23.1 Å². The van der Waals surface area contributed by atoms with Crippen molar-refractivity contribution < 1.29 is 27.8 Å². The largest absolute Gasteiger partial charge is 0.490 e. The summed E-state index contributed by atoms with van der Waals surface area (Å²) in [5.41, 5.74) is -2.14. The normalized spacial score (nSPS) is 18.7. The minimum Gasteiger partial charge on any atom is -0.490 e. The van der Waals surface area contributed by atoms with E-state index in [-0.39, 0.29) is 22.4 Å². The van der Waals surface area contributed by atoms with Gasteiger partial charge in [-0.25, -0.2) is 4.98 Å². The Kier molecular flexibility index (Phi) is 5.61. The minimum absolute atomic E-state index is 0.00237. The van der Waals surface area contributed by atoms with E-state index in [1.54, 1.807) is 48.5 Å². The number of para-hydroxylation sites is 2. The molecular weight excluding hydrogens is 435 g/mol. The van der Waals surface area contributed by atoms with Gasteiger partial charge in [0, 0.05) is 23.1 Å². The Labute approximate surface area is 188 Å². The molecule has 0 saturated carbocycles. The number of fused-ring (bicyclic) bond motifs is 1. The van der Waals surface area contributed by atoms with Crippen molar-refractivity contribution in [1.82, 2.24) is 9.99 Å². The number of hydrazone groups is 1. The number of carbonyl (C=O) groups excluding carboxylic acids is 1. The van der Waals surface area contributed by atoms with E-state index in [0.717, 1.165) is 0 Å². The molecule has 1 N–H and O–H groups in total. The molecule has 0 fully saturated rings. The second kappa shape index (κ2) is 8.15. The Morgan fingerprint density at radius 2 is 1.82 bits per heavy atom. The van der Waals surface area contributed by atoms with Crippen LogP contribution in [0.5, 0.6) is 5.75 Å². The third-order valence-electron chi connectivity index (χ3n) is 5.24. The summed E-state index contributed by atoms with van der Waals surface area (Å²) in [7, 11) is 0. The van der Waals surface area contributed by atoms with Crippen molar-refractivity contribution in [3.05, 3.63) is 60.2 Å². The van der Waals surface area contributed by atoms with Crippen LogP contribution in [0.25, 0.3) is 22.2 Å². The van der Waals surface area contributed by atoms with Crippen LogP contribution in [0.4, 0.5) is 13.2 Å². The monoisotopic (exact) mass is 457 g/mol. The number of ether oxygens (including phenoxy) is 1. The summed E-state index contributed by atoms with van der Waals surface area (Å²) >= 11 is 0. The number of aliphatic hydroxyl groups is 1.